The minimum Gasteiger partial charge on any atom is -0.478 e. The molecule has 0 bridgehead atoms. The standard InChI is InChI=1S/C35H36N6O9Si/c1-51(2)31-18-22(36)4-8-26(31)33(27-9-5-23(37)19-32(27)51)28-17-21(3-7-25(28)35(43)44)34(42)39-12-14-50-16-15-49-13-11-38-29-10-6-24(40(45)46)20-30(29)41(47)48/h3-10,17-20,36,38H,11-16,37H2,1-2H3,(H,39,42)(H,43,44). The number of nitro benzene ring substituents is 2. The number of amides is 1. The zero-order valence-corrected chi connectivity index (χ0v) is 28.9. The molecular weight excluding hydrogens is 677 g/mol. The van der Waals surface area contributed by atoms with Crippen LogP contribution < -0.4 is 21.6 Å². The Labute approximate surface area is 293 Å². The van der Waals surface area contributed by atoms with E-state index < -0.39 is 35.5 Å². The average molecular weight is 713 g/mol. The van der Waals surface area contributed by atoms with Crippen LogP contribution in [-0.4, -0.2) is 80.1 Å². The second-order valence-electron chi connectivity index (χ2n) is 12.3. The number of nitro groups is 2. The molecule has 0 atom stereocenters. The van der Waals surface area contributed by atoms with Crippen LogP contribution in [0, 0.1) is 25.6 Å². The van der Waals surface area contributed by atoms with Gasteiger partial charge in [-0.15, -0.1) is 0 Å². The van der Waals surface area contributed by atoms with E-state index in [0.717, 1.165) is 27.6 Å². The number of hydrogen-bond donors (Lipinski definition) is 5. The van der Waals surface area contributed by atoms with Gasteiger partial charge in [0, 0.05) is 30.4 Å². The summed E-state index contributed by atoms with van der Waals surface area (Å²) in [7, 11) is -2.33. The van der Waals surface area contributed by atoms with E-state index in [1.165, 1.54) is 24.3 Å². The Morgan fingerprint density at radius 1 is 0.902 bits per heavy atom. The lowest BCUT2D eigenvalue weighted by molar-refractivity contribution is -0.393. The number of hydrogen-bond acceptors (Lipinski definition) is 11. The number of ether oxygens (including phenoxy) is 2. The zero-order chi connectivity index (χ0) is 36.9. The van der Waals surface area contributed by atoms with Gasteiger partial charge in [-0.25, -0.2) is 4.79 Å². The van der Waals surface area contributed by atoms with E-state index in [-0.39, 0.29) is 62.0 Å². The number of aromatic carboxylic acids is 1. The largest absolute Gasteiger partial charge is 0.478 e. The highest BCUT2D eigenvalue weighted by molar-refractivity contribution is 6.98. The van der Waals surface area contributed by atoms with Gasteiger partial charge >= 0.3 is 5.97 Å². The number of nitrogens with one attached hydrogen (secondary N) is 3. The highest BCUT2D eigenvalue weighted by Gasteiger charge is 2.40. The summed E-state index contributed by atoms with van der Waals surface area (Å²) in [6.45, 7) is 5.53. The van der Waals surface area contributed by atoms with Crippen molar-refractivity contribution in [1.82, 2.24) is 5.32 Å². The summed E-state index contributed by atoms with van der Waals surface area (Å²) in [5.74, 6) is -1.55. The normalized spacial score (nSPS) is 14.3. The molecule has 1 amide bonds. The SMILES string of the molecule is C[Si]1(C)C2=CC(=N)C=CC2=C(c2cc(C(=O)NCCOCCOCCNc3ccc([N+](=O)[O-])cc3[N+](=O)[O-])ccc2C(=O)O)c2ccc(N)cc21. The van der Waals surface area contributed by atoms with Crippen LogP contribution in [0.25, 0.3) is 5.57 Å². The summed E-state index contributed by atoms with van der Waals surface area (Å²) in [6.07, 6.45) is 5.37. The number of non-ortho nitro benzene ring substituents is 1. The second kappa shape index (κ2) is 15.3. The molecule has 1 aliphatic carbocycles. The summed E-state index contributed by atoms with van der Waals surface area (Å²) in [6, 6.07) is 13.4. The van der Waals surface area contributed by atoms with E-state index in [2.05, 4.69) is 23.7 Å². The molecule has 0 fully saturated rings. The van der Waals surface area contributed by atoms with Gasteiger partial charge in [0.15, 0.2) is 0 Å². The molecule has 0 spiro atoms. The Hall–Kier alpha value is -5.97. The molecule has 16 heteroatoms. The van der Waals surface area contributed by atoms with Crippen LogP contribution in [0.3, 0.4) is 0 Å². The van der Waals surface area contributed by atoms with Gasteiger partial charge < -0.3 is 36.4 Å². The quantitative estimate of drug-likeness (QED) is 0.0486. The van der Waals surface area contributed by atoms with Crippen LogP contribution >= 0.6 is 0 Å². The Balaban J connectivity index is 1.18. The third-order valence-electron chi connectivity index (χ3n) is 8.58. The Kier molecular flexibility index (Phi) is 10.9. The average Bonchev–Trinajstić information content (AvgIpc) is 3.09. The number of carbonyl (C=O) groups excluding carboxylic acids is 1. The first kappa shape index (κ1) is 36.3. The molecule has 264 valence electrons. The van der Waals surface area contributed by atoms with Crippen molar-refractivity contribution in [3.05, 3.63) is 126 Å². The lowest BCUT2D eigenvalue weighted by Gasteiger charge is -2.38. The fourth-order valence-corrected chi connectivity index (χ4v) is 9.19. The third-order valence-corrected chi connectivity index (χ3v) is 12.1. The lowest BCUT2D eigenvalue weighted by atomic mass is 9.86. The first-order valence-electron chi connectivity index (χ1n) is 15.9. The van der Waals surface area contributed by atoms with E-state index in [1.54, 1.807) is 18.2 Å². The number of allylic oxidation sites excluding steroid dienone is 5. The first-order valence-corrected chi connectivity index (χ1v) is 18.9. The number of rotatable bonds is 15. The molecule has 0 unspecified atom stereocenters. The lowest BCUT2D eigenvalue weighted by Crippen LogP contribution is -2.49. The molecule has 0 aromatic heterocycles. The van der Waals surface area contributed by atoms with Crippen molar-refractivity contribution in [2.75, 3.05) is 50.6 Å². The topological polar surface area (TPSA) is 233 Å². The minimum atomic E-state index is -2.33. The van der Waals surface area contributed by atoms with Gasteiger partial charge in [-0.3, -0.25) is 25.0 Å². The summed E-state index contributed by atoms with van der Waals surface area (Å²) in [5, 5.41) is 48.3. The molecule has 0 saturated heterocycles. The number of benzene rings is 3. The van der Waals surface area contributed by atoms with E-state index in [1.807, 2.05) is 24.3 Å². The van der Waals surface area contributed by atoms with Crippen LogP contribution in [0.1, 0.15) is 31.8 Å². The van der Waals surface area contributed by atoms with Crippen LogP contribution in [0.4, 0.5) is 22.7 Å². The number of carbonyl (C=O) groups is 2. The van der Waals surface area contributed by atoms with E-state index in [9.17, 15) is 34.9 Å². The van der Waals surface area contributed by atoms with E-state index in [4.69, 9.17) is 20.6 Å². The van der Waals surface area contributed by atoms with Gasteiger partial charge in [0.05, 0.1) is 53.6 Å². The molecule has 5 rings (SSSR count). The van der Waals surface area contributed by atoms with Crippen molar-refractivity contribution in [2.45, 2.75) is 13.1 Å². The minimum absolute atomic E-state index is 0.0381. The molecule has 6 N–H and O–H groups in total. The van der Waals surface area contributed by atoms with Crippen LogP contribution in [0.15, 0.2) is 83.6 Å². The van der Waals surface area contributed by atoms with Crippen molar-refractivity contribution >= 4 is 59.2 Å². The van der Waals surface area contributed by atoms with Gasteiger partial charge in [-0.2, -0.15) is 0 Å². The fraction of sp³-hybridized carbons (Fsp3) is 0.229. The number of anilines is 2. The zero-order valence-electron chi connectivity index (χ0n) is 27.9. The van der Waals surface area contributed by atoms with Gasteiger partial charge in [0.25, 0.3) is 17.3 Å². The van der Waals surface area contributed by atoms with Crippen molar-refractivity contribution in [2.24, 2.45) is 0 Å². The summed E-state index contributed by atoms with van der Waals surface area (Å²) >= 11 is 0. The number of nitrogens with zero attached hydrogens (tertiary/aromatic N) is 2. The molecule has 3 aromatic carbocycles. The predicted molar refractivity (Wildman–Crippen MR) is 195 cm³/mol. The van der Waals surface area contributed by atoms with Gasteiger partial charge in [0.2, 0.25) is 0 Å². The maximum absolute atomic E-state index is 13.2. The number of fused-ring (bicyclic) bond motifs is 2. The Morgan fingerprint density at radius 3 is 2.31 bits per heavy atom. The van der Waals surface area contributed by atoms with Crippen LogP contribution in [0.2, 0.25) is 13.1 Å². The summed E-state index contributed by atoms with van der Waals surface area (Å²) in [4.78, 5) is 46.4. The van der Waals surface area contributed by atoms with Crippen molar-refractivity contribution in [1.29, 1.82) is 5.41 Å². The van der Waals surface area contributed by atoms with Crippen molar-refractivity contribution in [3.8, 4) is 0 Å². The predicted octanol–water partition coefficient (Wildman–Crippen LogP) is 4.44. The number of carboxylic acids is 1. The van der Waals surface area contributed by atoms with E-state index in [0.29, 0.717) is 22.5 Å². The molecule has 2 aliphatic rings. The molecule has 1 heterocycles. The first-order chi connectivity index (χ1) is 24.3. The Bertz CT molecular complexity index is 2040. The molecule has 15 nitrogen and oxygen atoms in total. The monoisotopic (exact) mass is 712 g/mol. The summed E-state index contributed by atoms with van der Waals surface area (Å²) in [5.41, 5.74) is 9.53. The smallest absolute Gasteiger partial charge is 0.336 e. The molecule has 0 saturated carbocycles. The highest BCUT2D eigenvalue weighted by Crippen LogP contribution is 2.42. The van der Waals surface area contributed by atoms with Crippen LogP contribution in [-0.2, 0) is 9.47 Å². The molecule has 51 heavy (non-hydrogen) atoms. The highest BCUT2D eigenvalue weighted by atomic mass is 28.3. The fourth-order valence-electron chi connectivity index (χ4n) is 6.09. The molecular formula is C35H36N6O9Si. The van der Waals surface area contributed by atoms with Crippen molar-refractivity contribution in [3.63, 3.8) is 0 Å². The summed E-state index contributed by atoms with van der Waals surface area (Å²) < 4.78 is 11.0. The van der Waals surface area contributed by atoms with E-state index >= 15 is 0 Å². The van der Waals surface area contributed by atoms with Gasteiger partial charge in [-0.1, -0.05) is 25.2 Å². The maximum Gasteiger partial charge on any atom is 0.336 e. The Morgan fingerprint density at radius 2 is 1.63 bits per heavy atom. The van der Waals surface area contributed by atoms with Gasteiger partial charge in [-0.05, 0) is 81.2 Å². The molecule has 0 radical (unpaired) electrons. The second-order valence-corrected chi connectivity index (χ2v) is 16.6. The molecule has 1 aliphatic heterocycles. The molecule has 3 aromatic rings. The van der Waals surface area contributed by atoms with Crippen molar-refractivity contribution < 1.29 is 34.0 Å². The van der Waals surface area contributed by atoms with Crippen LogP contribution in [0.5, 0.6) is 0 Å². The number of carboxylic acid groups (broad SMARTS) is 1. The number of nitrogen functional groups attached to an aromatic ring is 1. The number of nitrogens with two attached hydrogens (primary N) is 1. The maximum atomic E-state index is 13.2. The third kappa shape index (κ3) is 7.93. The van der Waals surface area contributed by atoms with Gasteiger partial charge in [0.1, 0.15) is 13.8 Å².